The Hall–Kier alpha value is -0.460. The predicted molar refractivity (Wildman–Crippen MR) is 86.1 cm³/mol. The maximum atomic E-state index is 12.6. The minimum atomic E-state index is -3.96. The second kappa shape index (κ2) is 8.41. The van der Waals surface area contributed by atoms with Crippen molar-refractivity contribution in [3.05, 3.63) is 34.9 Å². The number of halogens is 1. The molecule has 126 valence electrons. The van der Waals surface area contributed by atoms with Crippen LogP contribution in [0.1, 0.15) is 19.4 Å². The molecule has 2 atom stereocenters. The van der Waals surface area contributed by atoms with Crippen molar-refractivity contribution >= 4 is 19.0 Å². The molecule has 0 fully saturated rings. The van der Waals surface area contributed by atoms with Crippen LogP contribution < -0.4 is 5.73 Å². The summed E-state index contributed by atoms with van der Waals surface area (Å²) in [6.07, 6.45) is -0.469. The molecular formula is C14H23ClNO5P. The predicted octanol–water partition coefficient (Wildman–Crippen LogP) is 2.11. The molecule has 22 heavy (non-hydrogen) atoms. The van der Waals surface area contributed by atoms with Crippen LogP contribution in [-0.2, 0) is 19.6 Å². The molecule has 0 radical (unpaired) electrons. The number of rotatable bonds is 9. The highest BCUT2D eigenvalue weighted by Crippen LogP contribution is 2.51. The van der Waals surface area contributed by atoms with Gasteiger partial charge in [-0.25, -0.2) is 0 Å². The zero-order valence-corrected chi connectivity index (χ0v) is 14.4. The zero-order chi connectivity index (χ0) is 16.8. The average Bonchev–Trinajstić information content (AvgIpc) is 2.47. The van der Waals surface area contributed by atoms with Gasteiger partial charge in [-0.1, -0.05) is 23.7 Å². The van der Waals surface area contributed by atoms with Crippen LogP contribution in [0.3, 0.4) is 0 Å². The van der Waals surface area contributed by atoms with E-state index >= 15 is 0 Å². The number of nitrogens with two attached hydrogens (primary N) is 1. The highest BCUT2D eigenvalue weighted by Gasteiger charge is 2.42. The average molecular weight is 352 g/mol. The van der Waals surface area contributed by atoms with Gasteiger partial charge in [0.25, 0.3) is 7.37 Å². The Morgan fingerprint density at radius 1 is 1.27 bits per heavy atom. The molecule has 6 nitrogen and oxygen atoms in total. The molecule has 0 bridgehead atoms. The molecule has 8 heteroatoms. The van der Waals surface area contributed by atoms with Crippen LogP contribution in [0.25, 0.3) is 0 Å². The van der Waals surface area contributed by atoms with E-state index in [0.29, 0.717) is 10.6 Å². The van der Waals surface area contributed by atoms with Crippen LogP contribution in [0.2, 0.25) is 5.02 Å². The van der Waals surface area contributed by atoms with E-state index < -0.39 is 25.2 Å². The van der Waals surface area contributed by atoms with E-state index in [-0.39, 0.29) is 19.8 Å². The SMILES string of the molecule is CCOC(OCC)P(=O)(O)CC(O)(CN)c1ccc(Cl)cc1. The van der Waals surface area contributed by atoms with Crippen LogP contribution in [0.4, 0.5) is 0 Å². The van der Waals surface area contributed by atoms with Crippen molar-refractivity contribution in [3.63, 3.8) is 0 Å². The van der Waals surface area contributed by atoms with Gasteiger partial charge in [-0.2, -0.15) is 0 Å². The number of aliphatic hydroxyl groups is 1. The molecule has 1 aromatic rings. The Morgan fingerprint density at radius 2 is 1.77 bits per heavy atom. The quantitative estimate of drug-likeness (QED) is 0.465. The summed E-state index contributed by atoms with van der Waals surface area (Å²) in [4.78, 5) is 10.3. The van der Waals surface area contributed by atoms with Crippen molar-refractivity contribution in [1.29, 1.82) is 0 Å². The highest BCUT2D eigenvalue weighted by molar-refractivity contribution is 7.58. The second-order valence-electron chi connectivity index (χ2n) is 4.87. The van der Waals surface area contributed by atoms with Crippen molar-refractivity contribution in [2.45, 2.75) is 25.5 Å². The second-order valence-corrected chi connectivity index (χ2v) is 7.56. The number of ether oxygens (including phenoxy) is 2. The standard InChI is InChI=1S/C14H23ClNO5P/c1-3-20-13(21-4-2)22(18,19)10-14(17,9-16)11-5-7-12(15)8-6-11/h5-8,13,17H,3-4,9-10,16H2,1-2H3,(H,18,19). The molecule has 0 aliphatic carbocycles. The third-order valence-electron chi connectivity index (χ3n) is 3.16. The third kappa shape index (κ3) is 5.03. The van der Waals surface area contributed by atoms with Crippen LogP contribution in [0, 0.1) is 0 Å². The van der Waals surface area contributed by atoms with Gasteiger partial charge in [0.15, 0.2) is 0 Å². The minimum Gasteiger partial charge on any atom is -0.383 e. The molecule has 0 aliphatic rings. The van der Waals surface area contributed by atoms with E-state index in [1.54, 1.807) is 38.1 Å². The van der Waals surface area contributed by atoms with Gasteiger partial charge in [-0.3, -0.25) is 4.57 Å². The highest BCUT2D eigenvalue weighted by atomic mass is 35.5. The fourth-order valence-corrected chi connectivity index (χ4v) is 4.15. The van der Waals surface area contributed by atoms with Crippen molar-refractivity contribution in [2.75, 3.05) is 25.9 Å². The summed E-state index contributed by atoms with van der Waals surface area (Å²) >= 11 is 5.81. The Kier molecular flexibility index (Phi) is 7.49. The van der Waals surface area contributed by atoms with Crippen LogP contribution >= 0.6 is 19.0 Å². The van der Waals surface area contributed by atoms with Gasteiger partial charge in [0.2, 0.25) is 6.03 Å². The normalized spacial score (nSPS) is 17.2. The lowest BCUT2D eigenvalue weighted by Gasteiger charge is -2.32. The van der Waals surface area contributed by atoms with Crippen molar-refractivity contribution in [2.24, 2.45) is 5.73 Å². The van der Waals surface area contributed by atoms with Gasteiger partial charge in [0.05, 0.1) is 6.16 Å². The Morgan fingerprint density at radius 3 is 2.18 bits per heavy atom. The first-order chi connectivity index (χ1) is 10.3. The molecule has 0 heterocycles. The Balaban J connectivity index is 3.03. The molecule has 0 amide bonds. The molecule has 4 N–H and O–H groups in total. The molecule has 0 spiro atoms. The van der Waals surface area contributed by atoms with Gasteiger partial charge in [0, 0.05) is 24.8 Å². The van der Waals surface area contributed by atoms with E-state index in [1.165, 1.54) is 0 Å². The number of benzene rings is 1. The smallest absolute Gasteiger partial charge is 0.258 e. The summed E-state index contributed by atoms with van der Waals surface area (Å²) in [6.45, 7) is 3.61. The monoisotopic (exact) mass is 351 g/mol. The summed E-state index contributed by atoms with van der Waals surface area (Å²) in [5, 5.41) is 11.2. The maximum Gasteiger partial charge on any atom is 0.258 e. The third-order valence-corrected chi connectivity index (χ3v) is 5.34. The van der Waals surface area contributed by atoms with Gasteiger partial charge >= 0.3 is 0 Å². The molecule has 1 aromatic carbocycles. The molecular weight excluding hydrogens is 329 g/mol. The maximum absolute atomic E-state index is 12.6. The Bertz CT molecular complexity index is 506. The molecule has 2 unspecified atom stereocenters. The lowest BCUT2D eigenvalue weighted by atomic mass is 9.96. The molecule has 1 rings (SSSR count). The summed E-state index contributed by atoms with van der Waals surface area (Å²) in [7, 11) is -3.96. The fourth-order valence-electron chi connectivity index (χ4n) is 2.05. The topological polar surface area (TPSA) is 102 Å². The van der Waals surface area contributed by atoms with Crippen molar-refractivity contribution < 1.29 is 24.0 Å². The minimum absolute atomic E-state index is 0.218. The number of hydrogen-bond acceptors (Lipinski definition) is 5. The Labute approximate surface area is 135 Å². The molecule has 0 aromatic heterocycles. The van der Waals surface area contributed by atoms with Gasteiger partial charge in [-0.15, -0.1) is 0 Å². The summed E-state index contributed by atoms with van der Waals surface area (Å²) in [5.41, 5.74) is 4.39. The summed E-state index contributed by atoms with van der Waals surface area (Å²) < 4.78 is 22.9. The van der Waals surface area contributed by atoms with Crippen molar-refractivity contribution in [1.82, 2.24) is 0 Å². The largest absolute Gasteiger partial charge is 0.383 e. The van der Waals surface area contributed by atoms with Crippen LogP contribution in [0.5, 0.6) is 0 Å². The van der Waals surface area contributed by atoms with Gasteiger partial charge in [-0.05, 0) is 31.5 Å². The van der Waals surface area contributed by atoms with E-state index in [9.17, 15) is 14.6 Å². The molecule has 0 saturated heterocycles. The number of hydrogen-bond donors (Lipinski definition) is 3. The molecule has 0 aliphatic heterocycles. The fraction of sp³-hybridized carbons (Fsp3) is 0.571. The lowest BCUT2D eigenvalue weighted by molar-refractivity contribution is -0.0887. The first kappa shape index (κ1) is 19.6. The van der Waals surface area contributed by atoms with Crippen LogP contribution in [0.15, 0.2) is 24.3 Å². The van der Waals surface area contributed by atoms with Crippen molar-refractivity contribution in [3.8, 4) is 0 Å². The van der Waals surface area contributed by atoms with Gasteiger partial charge in [0.1, 0.15) is 5.60 Å². The first-order valence-corrected chi connectivity index (χ1v) is 9.31. The lowest BCUT2D eigenvalue weighted by Crippen LogP contribution is -2.40. The van der Waals surface area contributed by atoms with Crippen LogP contribution in [-0.4, -0.2) is 42.0 Å². The summed E-state index contributed by atoms with van der Waals surface area (Å²) in [6, 6.07) is 5.04. The van der Waals surface area contributed by atoms with Gasteiger partial charge < -0.3 is 25.2 Å². The van der Waals surface area contributed by atoms with E-state index in [4.69, 9.17) is 26.8 Å². The first-order valence-electron chi connectivity index (χ1n) is 7.02. The summed E-state index contributed by atoms with van der Waals surface area (Å²) in [5.74, 6) is 0. The zero-order valence-electron chi connectivity index (χ0n) is 12.7. The van der Waals surface area contributed by atoms with E-state index in [1.807, 2.05) is 0 Å². The van der Waals surface area contributed by atoms with E-state index in [0.717, 1.165) is 0 Å². The molecule has 0 saturated carbocycles. The van der Waals surface area contributed by atoms with E-state index in [2.05, 4.69) is 0 Å².